The second-order valence-electron chi connectivity index (χ2n) is 6.55. The lowest BCUT2D eigenvalue weighted by molar-refractivity contribution is -0.147. The average Bonchev–Trinajstić information content (AvgIpc) is 3.01. The SMILES string of the molecule is CC1CCc2sc(C(=O)N3CCCC3(C)C(=O)O)cc2C1. The molecule has 114 valence electrons. The fraction of sp³-hybridized carbons (Fsp3) is 0.625. The molecule has 1 amide bonds. The first-order chi connectivity index (χ1) is 9.91. The molecule has 1 aromatic rings. The first-order valence-electron chi connectivity index (χ1n) is 7.59. The van der Waals surface area contributed by atoms with Crippen LogP contribution in [-0.2, 0) is 17.6 Å². The number of carbonyl (C=O) groups is 2. The molecule has 2 heterocycles. The molecular formula is C16H21NO3S. The van der Waals surface area contributed by atoms with Gasteiger partial charge in [-0.2, -0.15) is 0 Å². The summed E-state index contributed by atoms with van der Waals surface area (Å²) in [4.78, 5) is 27.8. The molecule has 4 nitrogen and oxygen atoms in total. The van der Waals surface area contributed by atoms with Gasteiger partial charge in [0.2, 0.25) is 0 Å². The van der Waals surface area contributed by atoms with Gasteiger partial charge in [-0.1, -0.05) is 6.92 Å². The Bertz CT molecular complexity index is 594. The lowest BCUT2D eigenvalue weighted by atomic mass is 9.90. The average molecular weight is 307 g/mol. The number of fused-ring (bicyclic) bond motifs is 1. The molecule has 0 radical (unpaired) electrons. The van der Waals surface area contributed by atoms with Gasteiger partial charge in [0.25, 0.3) is 5.91 Å². The number of aliphatic carboxylic acids is 1. The fourth-order valence-electron chi connectivity index (χ4n) is 3.46. The molecule has 1 N–H and O–H groups in total. The van der Waals surface area contributed by atoms with Crippen molar-refractivity contribution in [2.75, 3.05) is 6.54 Å². The van der Waals surface area contributed by atoms with Crippen LogP contribution in [0.3, 0.4) is 0 Å². The van der Waals surface area contributed by atoms with Gasteiger partial charge in [0.1, 0.15) is 5.54 Å². The topological polar surface area (TPSA) is 57.6 Å². The van der Waals surface area contributed by atoms with Crippen LogP contribution in [0.1, 0.15) is 53.2 Å². The third-order valence-electron chi connectivity index (χ3n) is 4.89. The number of rotatable bonds is 2. The predicted molar refractivity (Wildman–Crippen MR) is 81.8 cm³/mol. The normalized spacial score (nSPS) is 28.5. The summed E-state index contributed by atoms with van der Waals surface area (Å²) in [7, 11) is 0. The van der Waals surface area contributed by atoms with Crippen molar-refractivity contribution in [3.63, 3.8) is 0 Å². The molecule has 1 aromatic heterocycles. The molecular weight excluding hydrogens is 286 g/mol. The molecule has 0 saturated carbocycles. The molecule has 0 aromatic carbocycles. The molecule has 2 aliphatic rings. The van der Waals surface area contributed by atoms with Gasteiger partial charge in [0.15, 0.2) is 0 Å². The lowest BCUT2D eigenvalue weighted by Gasteiger charge is -2.30. The van der Waals surface area contributed by atoms with Crippen molar-refractivity contribution in [2.24, 2.45) is 5.92 Å². The van der Waals surface area contributed by atoms with E-state index < -0.39 is 11.5 Å². The van der Waals surface area contributed by atoms with E-state index in [-0.39, 0.29) is 5.91 Å². The van der Waals surface area contributed by atoms with Crippen LogP contribution in [0.4, 0.5) is 0 Å². The molecule has 2 atom stereocenters. The highest BCUT2D eigenvalue weighted by molar-refractivity contribution is 7.14. The molecule has 2 unspecified atom stereocenters. The van der Waals surface area contributed by atoms with Gasteiger partial charge in [-0.15, -0.1) is 11.3 Å². The Hall–Kier alpha value is -1.36. The van der Waals surface area contributed by atoms with Crippen LogP contribution in [0.15, 0.2) is 6.07 Å². The molecule has 21 heavy (non-hydrogen) atoms. The maximum atomic E-state index is 12.7. The molecule has 0 spiro atoms. The number of aryl methyl sites for hydroxylation is 1. The summed E-state index contributed by atoms with van der Waals surface area (Å²) in [5.74, 6) is -0.334. The van der Waals surface area contributed by atoms with E-state index in [1.807, 2.05) is 6.07 Å². The number of likely N-dealkylation sites (tertiary alicyclic amines) is 1. The van der Waals surface area contributed by atoms with Crippen molar-refractivity contribution >= 4 is 23.2 Å². The largest absolute Gasteiger partial charge is 0.480 e. The van der Waals surface area contributed by atoms with E-state index in [2.05, 4.69) is 6.92 Å². The van der Waals surface area contributed by atoms with Crippen LogP contribution in [0.25, 0.3) is 0 Å². The maximum Gasteiger partial charge on any atom is 0.329 e. The Kier molecular flexibility index (Phi) is 3.56. The van der Waals surface area contributed by atoms with E-state index in [9.17, 15) is 14.7 Å². The Morgan fingerprint density at radius 2 is 2.24 bits per heavy atom. The van der Waals surface area contributed by atoms with Crippen molar-refractivity contribution in [1.82, 2.24) is 4.90 Å². The monoisotopic (exact) mass is 307 g/mol. The molecule has 1 fully saturated rings. The summed E-state index contributed by atoms with van der Waals surface area (Å²) in [6.07, 6.45) is 4.56. The van der Waals surface area contributed by atoms with Crippen LogP contribution < -0.4 is 0 Å². The van der Waals surface area contributed by atoms with E-state index in [0.717, 1.165) is 19.3 Å². The summed E-state index contributed by atoms with van der Waals surface area (Å²) in [6, 6.07) is 2.00. The number of thiophene rings is 1. The molecule has 5 heteroatoms. The first kappa shape index (κ1) is 14.6. The second kappa shape index (κ2) is 5.13. The van der Waals surface area contributed by atoms with Crippen molar-refractivity contribution in [3.8, 4) is 0 Å². The van der Waals surface area contributed by atoms with Crippen molar-refractivity contribution in [1.29, 1.82) is 0 Å². The number of hydrogen-bond acceptors (Lipinski definition) is 3. The zero-order valence-electron chi connectivity index (χ0n) is 12.5. The van der Waals surface area contributed by atoms with Crippen molar-refractivity contribution in [3.05, 3.63) is 21.4 Å². The van der Waals surface area contributed by atoms with Gasteiger partial charge in [-0.25, -0.2) is 4.79 Å². The van der Waals surface area contributed by atoms with Gasteiger partial charge in [0, 0.05) is 11.4 Å². The van der Waals surface area contributed by atoms with Crippen LogP contribution in [0, 0.1) is 5.92 Å². The van der Waals surface area contributed by atoms with Gasteiger partial charge in [0.05, 0.1) is 4.88 Å². The quantitative estimate of drug-likeness (QED) is 0.914. The second-order valence-corrected chi connectivity index (χ2v) is 7.68. The zero-order valence-corrected chi connectivity index (χ0v) is 13.3. The van der Waals surface area contributed by atoms with Gasteiger partial charge in [-0.3, -0.25) is 4.79 Å². The highest BCUT2D eigenvalue weighted by Gasteiger charge is 2.46. The van der Waals surface area contributed by atoms with E-state index in [1.165, 1.54) is 16.9 Å². The standard InChI is InChI=1S/C16H21NO3S/c1-10-4-5-12-11(8-10)9-13(21-12)14(18)17-7-3-6-16(17,2)15(19)20/h9-10H,3-8H2,1-2H3,(H,19,20). The minimum absolute atomic E-state index is 0.107. The van der Waals surface area contributed by atoms with E-state index >= 15 is 0 Å². The smallest absolute Gasteiger partial charge is 0.329 e. The molecule has 1 aliphatic heterocycles. The van der Waals surface area contributed by atoms with Crippen molar-refractivity contribution in [2.45, 2.75) is 51.5 Å². The number of hydrogen-bond donors (Lipinski definition) is 1. The lowest BCUT2D eigenvalue weighted by Crippen LogP contribution is -2.50. The number of carboxylic acid groups (broad SMARTS) is 1. The highest BCUT2D eigenvalue weighted by Crippen LogP contribution is 2.36. The van der Waals surface area contributed by atoms with Gasteiger partial charge < -0.3 is 10.0 Å². The van der Waals surface area contributed by atoms with Crippen LogP contribution in [-0.4, -0.2) is 34.0 Å². The number of carboxylic acids is 1. The number of carbonyl (C=O) groups excluding carboxylic acids is 1. The maximum absolute atomic E-state index is 12.7. The van der Waals surface area contributed by atoms with Crippen LogP contribution in [0.2, 0.25) is 0 Å². The summed E-state index contributed by atoms with van der Waals surface area (Å²) >= 11 is 1.56. The minimum atomic E-state index is -1.05. The van der Waals surface area contributed by atoms with Crippen LogP contribution >= 0.6 is 11.3 Å². The van der Waals surface area contributed by atoms with E-state index in [0.29, 0.717) is 23.8 Å². The highest BCUT2D eigenvalue weighted by atomic mass is 32.1. The Balaban J connectivity index is 1.87. The van der Waals surface area contributed by atoms with E-state index in [1.54, 1.807) is 23.2 Å². The first-order valence-corrected chi connectivity index (χ1v) is 8.40. The fourth-order valence-corrected chi connectivity index (χ4v) is 4.61. The minimum Gasteiger partial charge on any atom is -0.480 e. The Labute approximate surface area is 128 Å². The Morgan fingerprint density at radius 3 is 2.95 bits per heavy atom. The summed E-state index contributed by atoms with van der Waals surface area (Å²) in [5.41, 5.74) is 0.243. The van der Waals surface area contributed by atoms with Gasteiger partial charge >= 0.3 is 5.97 Å². The molecule has 0 bridgehead atoms. The number of amides is 1. The van der Waals surface area contributed by atoms with E-state index in [4.69, 9.17) is 0 Å². The molecule has 3 rings (SSSR count). The Morgan fingerprint density at radius 1 is 1.48 bits per heavy atom. The summed E-state index contributed by atoms with van der Waals surface area (Å²) < 4.78 is 0. The third-order valence-corrected chi connectivity index (χ3v) is 6.11. The molecule has 1 saturated heterocycles. The van der Waals surface area contributed by atoms with Gasteiger partial charge in [-0.05, 0) is 56.6 Å². The summed E-state index contributed by atoms with van der Waals surface area (Å²) in [6.45, 7) is 4.44. The van der Waals surface area contributed by atoms with Crippen LogP contribution in [0.5, 0.6) is 0 Å². The third kappa shape index (κ3) is 2.37. The number of nitrogens with zero attached hydrogens (tertiary/aromatic N) is 1. The summed E-state index contributed by atoms with van der Waals surface area (Å²) in [5, 5.41) is 9.45. The zero-order chi connectivity index (χ0) is 15.2. The predicted octanol–water partition coefficient (Wildman–Crippen LogP) is 2.95. The molecule has 1 aliphatic carbocycles. The van der Waals surface area contributed by atoms with Crippen molar-refractivity contribution < 1.29 is 14.7 Å².